The number of hydrogen-bond donors (Lipinski definition) is 1. The zero-order chi connectivity index (χ0) is 10.7. The van der Waals surface area contributed by atoms with Gasteiger partial charge in [-0.1, -0.05) is 0 Å². The fourth-order valence-electron chi connectivity index (χ4n) is 1.87. The van der Waals surface area contributed by atoms with Crippen molar-refractivity contribution in [2.75, 3.05) is 20.3 Å². The molecule has 1 aromatic rings. The number of aliphatic hydroxyl groups is 1. The van der Waals surface area contributed by atoms with Crippen LogP contribution in [0, 0.1) is 5.92 Å². The lowest BCUT2D eigenvalue weighted by Crippen LogP contribution is -2.11. The van der Waals surface area contributed by atoms with Crippen molar-refractivity contribution in [3.05, 3.63) is 23.9 Å². The van der Waals surface area contributed by atoms with Gasteiger partial charge in [0.15, 0.2) is 0 Å². The Morgan fingerprint density at radius 3 is 3.07 bits per heavy atom. The molecule has 4 nitrogen and oxygen atoms in total. The number of nitrogens with zero attached hydrogens (tertiary/aromatic N) is 1. The number of hydrogen-bond acceptors (Lipinski definition) is 4. The first-order valence-corrected chi connectivity index (χ1v) is 5.07. The molecule has 82 valence electrons. The van der Waals surface area contributed by atoms with E-state index in [-0.39, 0.29) is 18.6 Å². The zero-order valence-corrected chi connectivity index (χ0v) is 8.72. The van der Waals surface area contributed by atoms with E-state index in [4.69, 9.17) is 9.47 Å². The number of ether oxygens (including phenoxy) is 2. The van der Waals surface area contributed by atoms with Crippen molar-refractivity contribution in [2.45, 2.75) is 12.5 Å². The average molecular weight is 209 g/mol. The number of aliphatic hydroxyl groups excluding tert-OH is 1. The molecule has 2 atom stereocenters. The third kappa shape index (κ3) is 2.11. The molecule has 0 bridgehead atoms. The van der Waals surface area contributed by atoms with Crippen LogP contribution in [0.5, 0.6) is 5.88 Å². The van der Waals surface area contributed by atoms with Crippen molar-refractivity contribution in [3.63, 3.8) is 0 Å². The van der Waals surface area contributed by atoms with E-state index in [2.05, 4.69) is 4.98 Å². The van der Waals surface area contributed by atoms with E-state index in [1.165, 1.54) is 0 Å². The maximum Gasteiger partial charge on any atom is 0.212 e. The second-order valence-electron chi connectivity index (χ2n) is 3.66. The van der Waals surface area contributed by atoms with Crippen LogP contribution >= 0.6 is 0 Å². The van der Waals surface area contributed by atoms with Crippen molar-refractivity contribution in [2.24, 2.45) is 5.92 Å². The molecule has 1 N–H and O–H groups in total. The van der Waals surface area contributed by atoms with Crippen LogP contribution in [-0.2, 0) is 4.74 Å². The molecule has 1 fully saturated rings. The van der Waals surface area contributed by atoms with Gasteiger partial charge in [-0.25, -0.2) is 4.98 Å². The smallest absolute Gasteiger partial charge is 0.212 e. The summed E-state index contributed by atoms with van der Waals surface area (Å²) in [7, 11) is 1.59. The molecule has 2 rings (SSSR count). The normalized spacial score (nSPS) is 25.5. The van der Waals surface area contributed by atoms with Crippen LogP contribution in [-0.4, -0.2) is 30.4 Å². The first-order chi connectivity index (χ1) is 7.35. The molecule has 1 aliphatic heterocycles. The van der Waals surface area contributed by atoms with Gasteiger partial charge in [-0.2, -0.15) is 0 Å². The van der Waals surface area contributed by atoms with Gasteiger partial charge in [-0.05, 0) is 18.1 Å². The molecule has 4 heteroatoms. The minimum absolute atomic E-state index is 0.0200. The Labute approximate surface area is 88.9 Å². The highest BCUT2D eigenvalue weighted by Gasteiger charge is 2.29. The molecular formula is C11H15NO3. The predicted octanol–water partition coefficient (Wildman–Crippen LogP) is 1.16. The molecule has 2 heterocycles. The molecule has 0 spiro atoms. The van der Waals surface area contributed by atoms with Gasteiger partial charge in [0.25, 0.3) is 0 Å². The Hall–Kier alpha value is -1.13. The second kappa shape index (κ2) is 4.59. The summed E-state index contributed by atoms with van der Waals surface area (Å²) in [5, 5.41) is 9.17. The lowest BCUT2D eigenvalue weighted by Gasteiger charge is -2.16. The van der Waals surface area contributed by atoms with Crippen molar-refractivity contribution in [1.82, 2.24) is 4.98 Å². The average Bonchev–Trinajstić information content (AvgIpc) is 2.77. The molecule has 2 unspecified atom stereocenters. The van der Waals surface area contributed by atoms with Crippen LogP contribution in [0.25, 0.3) is 0 Å². The summed E-state index contributed by atoms with van der Waals surface area (Å²) in [4.78, 5) is 4.13. The predicted molar refractivity (Wildman–Crippen MR) is 54.7 cm³/mol. The molecular weight excluding hydrogens is 194 g/mol. The Bertz CT molecular complexity index is 312. The quantitative estimate of drug-likeness (QED) is 0.811. The third-order valence-electron chi connectivity index (χ3n) is 2.75. The summed E-state index contributed by atoms with van der Waals surface area (Å²) in [5.41, 5.74) is 1.01. The van der Waals surface area contributed by atoms with Gasteiger partial charge in [-0.15, -0.1) is 0 Å². The van der Waals surface area contributed by atoms with Crippen LogP contribution in [0.15, 0.2) is 18.3 Å². The van der Waals surface area contributed by atoms with Gasteiger partial charge in [0.05, 0.1) is 13.2 Å². The molecule has 0 radical (unpaired) electrons. The Kier molecular flexibility index (Phi) is 3.18. The largest absolute Gasteiger partial charge is 0.481 e. The first-order valence-electron chi connectivity index (χ1n) is 5.07. The van der Waals surface area contributed by atoms with E-state index >= 15 is 0 Å². The summed E-state index contributed by atoms with van der Waals surface area (Å²) < 4.78 is 10.6. The van der Waals surface area contributed by atoms with E-state index < -0.39 is 0 Å². The summed E-state index contributed by atoms with van der Waals surface area (Å²) in [6.07, 6.45) is 2.64. The first kappa shape index (κ1) is 10.4. The maximum atomic E-state index is 9.17. The minimum Gasteiger partial charge on any atom is -0.481 e. The van der Waals surface area contributed by atoms with E-state index in [9.17, 15) is 5.11 Å². The Morgan fingerprint density at radius 2 is 2.47 bits per heavy atom. The Balaban J connectivity index is 2.14. The molecule has 1 saturated heterocycles. The summed E-state index contributed by atoms with van der Waals surface area (Å²) in [6, 6.07) is 3.75. The van der Waals surface area contributed by atoms with Crippen LogP contribution in [0.2, 0.25) is 0 Å². The topological polar surface area (TPSA) is 51.6 Å². The highest BCUT2D eigenvalue weighted by molar-refractivity contribution is 5.21. The molecule has 1 aromatic heterocycles. The number of rotatable bonds is 3. The summed E-state index contributed by atoms with van der Waals surface area (Å²) in [6.45, 7) is 0.874. The van der Waals surface area contributed by atoms with Crippen molar-refractivity contribution >= 4 is 0 Å². The minimum atomic E-state index is -0.0200. The number of aromatic nitrogens is 1. The standard InChI is InChI=1S/C11H15NO3/c1-14-10-3-2-8(6-12-10)11-9(7-13)4-5-15-11/h2-3,6,9,11,13H,4-5,7H2,1H3. The summed E-state index contributed by atoms with van der Waals surface area (Å²) >= 11 is 0. The fourth-order valence-corrected chi connectivity index (χ4v) is 1.87. The van der Waals surface area contributed by atoms with E-state index in [0.717, 1.165) is 12.0 Å². The highest BCUT2D eigenvalue weighted by atomic mass is 16.5. The van der Waals surface area contributed by atoms with E-state index in [1.54, 1.807) is 13.3 Å². The number of methoxy groups -OCH3 is 1. The molecule has 0 aliphatic carbocycles. The number of pyridine rings is 1. The van der Waals surface area contributed by atoms with E-state index in [1.807, 2.05) is 12.1 Å². The van der Waals surface area contributed by atoms with Crippen LogP contribution in [0.3, 0.4) is 0 Å². The fraction of sp³-hybridized carbons (Fsp3) is 0.545. The van der Waals surface area contributed by atoms with Crippen molar-refractivity contribution in [1.29, 1.82) is 0 Å². The molecule has 15 heavy (non-hydrogen) atoms. The Morgan fingerprint density at radius 1 is 1.60 bits per heavy atom. The zero-order valence-electron chi connectivity index (χ0n) is 8.72. The molecule has 0 saturated carbocycles. The SMILES string of the molecule is COc1ccc(C2OCCC2CO)cn1. The van der Waals surface area contributed by atoms with Gasteiger partial charge in [0.2, 0.25) is 5.88 Å². The van der Waals surface area contributed by atoms with Gasteiger partial charge >= 0.3 is 0 Å². The van der Waals surface area contributed by atoms with Crippen molar-refractivity contribution < 1.29 is 14.6 Å². The van der Waals surface area contributed by atoms with Crippen LogP contribution in [0.4, 0.5) is 0 Å². The van der Waals surface area contributed by atoms with Gasteiger partial charge in [-0.3, -0.25) is 0 Å². The lowest BCUT2D eigenvalue weighted by atomic mass is 9.97. The van der Waals surface area contributed by atoms with Crippen LogP contribution in [0.1, 0.15) is 18.1 Å². The molecule has 0 amide bonds. The van der Waals surface area contributed by atoms with Gasteiger partial charge in [0, 0.05) is 31.4 Å². The summed E-state index contributed by atoms with van der Waals surface area (Å²) in [5.74, 6) is 0.789. The van der Waals surface area contributed by atoms with Gasteiger partial charge < -0.3 is 14.6 Å². The maximum absolute atomic E-state index is 9.17. The highest BCUT2D eigenvalue weighted by Crippen LogP contribution is 2.33. The monoisotopic (exact) mass is 209 g/mol. The van der Waals surface area contributed by atoms with E-state index in [0.29, 0.717) is 12.5 Å². The van der Waals surface area contributed by atoms with Crippen molar-refractivity contribution in [3.8, 4) is 5.88 Å². The second-order valence-corrected chi connectivity index (χ2v) is 3.66. The molecule has 1 aliphatic rings. The van der Waals surface area contributed by atoms with Gasteiger partial charge in [0.1, 0.15) is 0 Å². The van der Waals surface area contributed by atoms with Crippen LogP contribution < -0.4 is 4.74 Å². The molecule has 0 aromatic carbocycles. The third-order valence-corrected chi connectivity index (χ3v) is 2.75. The lowest BCUT2D eigenvalue weighted by molar-refractivity contribution is 0.0717.